The standard InChI is InChI=1S/C16H11ClFNO3S/c17-12-7-10(16(21)22)3-6-13(12)19-14(20)8-23-15(19)9-1-4-11(18)5-2-9/h1-7,15H,8H2,(H,21,22). The summed E-state index contributed by atoms with van der Waals surface area (Å²) in [7, 11) is 0. The molecule has 1 aliphatic heterocycles. The summed E-state index contributed by atoms with van der Waals surface area (Å²) in [5.74, 6) is -1.29. The van der Waals surface area contributed by atoms with Crippen molar-refractivity contribution in [3.05, 3.63) is 64.4 Å². The summed E-state index contributed by atoms with van der Waals surface area (Å²) < 4.78 is 13.1. The molecule has 2 aromatic carbocycles. The van der Waals surface area contributed by atoms with Crippen molar-refractivity contribution >= 4 is 40.9 Å². The number of thioether (sulfide) groups is 1. The maximum Gasteiger partial charge on any atom is 0.335 e. The van der Waals surface area contributed by atoms with Crippen molar-refractivity contribution in [1.29, 1.82) is 0 Å². The van der Waals surface area contributed by atoms with Crippen LogP contribution in [0, 0.1) is 5.82 Å². The smallest absolute Gasteiger partial charge is 0.335 e. The second-order valence-electron chi connectivity index (χ2n) is 4.95. The summed E-state index contributed by atoms with van der Waals surface area (Å²) in [5, 5.41) is 8.86. The fraction of sp³-hybridized carbons (Fsp3) is 0.125. The molecule has 1 fully saturated rings. The predicted molar refractivity (Wildman–Crippen MR) is 87.5 cm³/mol. The molecule has 23 heavy (non-hydrogen) atoms. The second-order valence-corrected chi connectivity index (χ2v) is 6.43. The fourth-order valence-electron chi connectivity index (χ4n) is 2.39. The Morgan fingerprint density at radius 2 is 1.96 bits per heavy atom. The fourth-order valence-corrected chi connectivity index (χ4v) is 3.83. The number of carbonyl (C=O) groups is 2. The van der Waals surface area contributed by atoms with E-state index in [1.165, 1.54) is 47.0 Å². The molecule has 4 nitrogen and oxygen atoms in total. The summed E-state index contributed by atoms with van der Waals surface area (Å²) in [5.41, 5.74) is 1.28. The Hall–Kier alpha value is -2.05. The normalized spacial score (nSPS) is 17.6. The number of amides is 1. The molecule has 1 heterocycles. The summed E-state index contributed by atoms with van der Waals surface area (Å²) in [6, 6.07) is 10.2. The van der Waals surface area contributed by atoms with Gasteiger partial charge in [0.05, 0.1) is 22.0 Å². The van der Waals surface area contributed by atoms with Crippen LogP contribution in [0.15, 0.2) is 42.5 Å². The van der Waals surface area contributed by atoms with Crippen LogP contribution in [0.4, 0.5) is 10.1 Å². The largest absolute Gasteiger partial charge is 0.478 e. The molecule has 1 atom stereocenters. The van der Waals surface area contributed by atoms with Crippen LogP contribution in [0.2, 0.25) is 5.02 Å². The number of benzene rings is 2. The van der Waals surface area contributed by atoms with Gasteiger partial charge >= 0.3 is 5.97 Å². The molecule has 1 saturated heterocycles. The lowest BCUT2D eigenvalue weighted by atomic mass is 10.1. The minimum atomic E-state index is -1.09. The molecular weight excluding hydrogens is 341 g/mol. The number of anilines is 1. The highest BCUT2D eigenvalue weighted by Crippen LogP contribution is 2.44. The third kappa shape index (κ3) is 3.04. The number of aromatic carboxylic acids is 1. The molecule has 0 saturated carbocycles. The first-order valence-electron chi connectivity index (χ1n) is 6.69. The van der Waals surface area contributed by atoms with Gasteiger partial charge in [-0.05, 0) is 35.9 Å². The quantitative estimate of drug-likeness (QED) is 0.909. The molecule has 0 aliphatic carbocycles. The Morgan fingerprint density at radius 3 is 2.57 bits per heavy atom. The second kappa shape index (κ2) is 6.22. The number of carbonyl (C=O) groups excluding carboxylic acids is 1. The Balaban J connectivity index is 2.00. The molecule has 2 aromatic rings. The van der Waals surface area contributed by atoms with E-state index in [2.05, 4.69) is 0 Å². The van der Waals surface area contributed by atoms with E-state index < -0.39 is 5.97 Å². The molecule has 0 aromatic heterocycles. The van der Waals surface area contributed by atoms with Crippen molar-refractivity contribution in [2.24, 2.45) is 0 Å². The van der Waals surface area contributed by atoms with Gasteiger partial charge in [-0.1, -0.05) is 23.7 Å². The van der Waals surface area contributed by atoms with Crippen LogP contribution in [0.3, 0.4) is 0 Å². The van der Waals surface area contributed by atoms with Crippen LogP contribution in [-0.4, -0.2) is 22.7 Å². The molecule has 0 bridgehead atoms. The Kier molecular flexibility index (Phi) is 4.28. The maximum absolute atomic E-state index is 13.1. The molecule has 0 spiro atoms. The molecule has 1 aliphatic rings. The minimum Gasteiger partial charge on any atom is -0.478 e. The van der Waals surface area contributed by atoms with Gasteiger partial charge < -0.3 is 5.11 Å². The lowest BCUT2D eigenvalue weighted by Crippen LogP contribution is -2.28. The highest BCUT2D eigenvalue weighted by Gasteiger charge is 2.35. The number of carboxylic acids is 1. The van der Waals surface area contributed by atoms with Crippen molar-refractivity contribution in [3.63, 3.8) is 0 Å². The maximum atomic E-state index is 13.1. The molecule has 1 unspecified atom stereocenters. The van der Waals surface area contributed by atoms with Gasteiger partial charge in [0.15, 0.2) is 0 Å². The molecule has 3 rings (SSSR count). The number of halogens is 2. The van der Waals surface area contributed by atoms with Gasteiger partial charge in [-0.3, -0.25) is 9.69 Å². The summed E-state index contributed by atoms with van der Waals surface area (Å²) in [4.78, 5) is 24.8. The van der Waals surface area contributed by atoms with E-state index in [0.717, 1.165) is 5.56 Å². The van der Waals surface area contributed by atoms with E-state index in [-0.39, 0.29) is 33.4 Å². The van der Waals surface area contributed by atoms with Crippen molar-refractivity contribution in [2.45, 2.75) is 5.37 Å². The van der Waals surface area contributed by atoms with Gasteiger partial charge in [-0.25, -0.2) is 9.18 Å². The Morgan fingerprint density at radius 1 is 1.26 bits per heavy atom. The molecule has 118 valence electrons. The topological polar surface area (TPSA) is 57.6 Å². The highest BCUT2D eigenvalue weighted by atomic mass is 35.5. The van der Waals surface area contributed by atoms with Gasteiger partial charge in [-0.2, -0.15) is 0 Å². The number of nitrogens with zero attached hydrogens (tertiary/aromatic N) is 1. The van der Waals surface area contributed by atoms with Gasteiger partial charge in [0, 0.05) is 0 Å². The van der Waals surface area contributed by atoms with Crippen LogP contribution >= 0.6 is 23.4 Å². The lowest BCUT2D eigenvalue weighted by molar-refractivity contribution is -0.115. The minimum absolute atomic E-state index is 0.0522. The summed E-state index contributed by atoms with van der Waals surface area (Å²) >= 11 is 7.58. The molecule has 1 amide bonds. The number of hydrogen-bond acceptors (Lipinski definition) is 3. The number of hydrogen-bond donors (Lipinski definition) is 1. The van der Waals surface area contributed by atoms with E-state index >= 15 is 0 Å². The Bertz CT molecular complexity index is 781. The number of carboxylic acid groups (broad SMARTS) is 1. The molecular formula is C16H11ClFNO3S. The summed E-state index contributed by atoms with van der Waals surface area (Å²) in [6.45, 7) is 0. The van der Waals surface area contributed by atoms with Crippen LogP contribution in [0.1, 0.15) is 21.3 Å². The van der Waals surface area contributed by atoms with Crippen LogP contribution in [0.25, 0.3) is 0 Å². The van der Waals surface area contributed by atoms with Crippen molar-refractivity contribution in [3.8, 4) is 0 Å². The van der Waals surface area contributed by atoms with Crippen molar-refractivity contribution < 1.29 is 19.1 Å². The highest BCUT2D eigenvalue weighted by molar-refractivity contribution is 8.00. The van der Waals surface area contributed by atoms with Crippen LogP contribution in [0.5, 0.6) is 0 Å². The molecule has 7 heteroatoms. The zero-order valence-electron chi connectivity index (χ0n) is 11.7. The zero-order chi connectivity index (χ0) is 16.6. The average Bonchev–Trinajstić information content (AvgIpc) is 2.89. The van der Waals surface area contributed by atoms with E-state index in [4.69, 9.17) is 16.7 Å². The van der Waals surface area contributed by atoms with E-state index in [0.29, 0.717) is 5.69 Å². The van der Waals surface area contributed by atoms with E-state index in [1.807, 2.05) is 0 Å². The molecule has 1 N–H and O–H groups in total. The van der Waals surface area contributed by atoms with E-state index in [1.54, 1.807) is 12.1 Å². The number of rotatable bonds is 3. The Labute approximate surface area is 140 Å². The SMILES string of the molecule is O=C(O)c1ccc(N2C(=O)CSC2c2ccc(F)cc2)c(Cl)c1. The van der Waals surface area contributed by atoms with Gasteiger partial charge in [0.25, 0.3) is 0 Å². The monoisotopic (exact) mass is 351 g/mol. The first-order valence-corrected chi connectivity index (χ1v) is 8.12. The van der Waals surface area contributed by atoms with Gasteiger partial charge in [0.1, 0.15) is 11.2 Å². The van der Waals surface area contributed by atoms with Crippen molar-refractivity contribution in [1.82, 2.24) is 0 Å². The first-order chi connectivity index (χ1) is 11.0. The zero-order valence-corrected chi connectivity index (χ0v) is 13.3. The van der Waals surface area contributed by atoms with E-state index in [9.17, 15) is 14.0 Å². The van der Waals surface area contributed by atoms with Gasteiger partial charge in [-0.15, -0.1) is 11.8 Å². The van der Waals surface area contributed by atoms with Gasteiger partial charge in [0.2, 0.25) is 5.91 Å². The third-order valence-corrected chi connectivity index (χ3v) is 4.99. The lowest BCUT2D eigenvalue weighted by Gasteiger charge is -2.25. The van der Waals surface area contributed by atoms with Crippen molar-refractivity contribution in [2.75, 3.05) is 10.7 Å². The van der Waals surface area contributed by atoms with Crippen LogP contribution < -0.4 is 4.90 Å². The third-order valence-electron chi connectivity index (χ3n) is 3.48. The van der Waals surface area contributed by atoms with Crippen LogP contribution in [-0.2, 0) is 4.79 Å². The predicted octanol–water partition coefficient (Wildman–Crippen LogP) is 3.96. The molecule has 0 radical (unpaired) electrons. The average molecular weight is 352 g/mol. The summed E-state index contributed by atoms with van der Waals surface area (Å²) in [6.07, 6.45) is 0. The first kappa shape index (κ1) is 15.8.